The molecule has 114 valence electrons. The quantitative estimate of drug-likeness (QED) is 0.568. The molecule has 0 amide bonds. The SMILES string of the molecule is CC(C)(CO)CCCC(O)CCCC(C)(C)OC=O. The van der Waals surface area contributed by atoms with Gasteiger partial charge in [0.05, 0.1) is 6.10 Å². The molecule has 4 heteroatoms. The van der Waals surface area contributed by atoms with Gasteiger partial charge in [0, 0.05) is 6.61 Å². The summed E-state index contributed by atoms with van der Waals surface area (Å²) in [5.41, 5.74) is -0.500. The Kier molecular flexibility index (Phi) is 8.26. The molecule has 0 aromatic rings. The van der Waals surface area contributed by atoms with Crippen LogP contribution >= 0.6 is 0 Å². The first-order valence-electron chi connectivity index (χ1n) is 7.13. The highest BCUT2D eigenvalue weighted by atomic mass is 16.5. The summed E-state index contributed by atoms with van der Waals surface area (Å²) >= 11 is 0. The van der Waals surface area contributed by atoms with E-state index in [9.17, 15) is 9.90 Å². The maximum Gasteiger partial charge on any atom is 0.293 e. The van der Waals surface area contributed by atoms with Crippen LogP contribution in [-0.2, 0) is 9.53 Å². The second-order valence-electron chi connectivity index (χ2n) is 6.73. The summed E-state index contributed by atoms with van der Waals surface area (Å²) in [6, 6.07) is 0. The molecule has 0 fully saturated rings. The van der Waals surface area contributed by atoms with Gasteiger partial charge in [0.1, 0.15) is 5.60 Å². The molecule has 0 aromatic carbocycles. The highest BCUT2D eigenvalue weighted by Crippen LogP contribution is 2.24. The lowest BCUT2D eigenvalue weighted by molar-refractivity contribution is -0.140. The first-order valence-corrected chi connectivity index (χ1v) is 7.13. The van der Waals surface area contributed by atoms with Gasteiger partial charge >= 0.3 is 0 Å². The van der Waals surface area contributed by atoms with Crippen molar-refractivity contribution in [2.45, 2.75) is 77.9 Å². The molecule has 0 rings (SSSR count). The van der Waals surface area contributed by atoms with Gasteiger partial charge in [0.25, 0.3) is 6.47 Å². The summed E-state index contributed by atoms with van der Waals surface area (Å²) < 4.78 is 4.96. The van der Waals surface area contributed by atoms with Crippen LogP contribution in [0.5, 0.6) is 0 Å². The Morgan fingerprint density at radius 3 is 2.11 bits per heavy atom. The molecule has 0 radical (unpaired) electrons. The number of hydrogen-bond donors (Lipinski definition) is 2. The third kappa shape index (κ3) is 9.91. The van der Waals surface area contributed by atoms with E-state index in [0.29, 0.717) is 6.47 Å². The normalized spacial score (nSPS) is 14.2. The van der Waals surface area contributed by atoms with E-state index in [1.807, 2.05) is 27.7 Å². The van der Waals surface area contributed by atoms with Crippen molar-refractivity contribution in [1.29, 1.82) is 0 Å². The molecule has 4 nitrogen and oxygen atoms in total. The fourth-order valence-electron chi connectivity index (χ4n) is 1.99. The Morgan fingerprint density at radius 1 is 1.11 bits per heavy atom. The lowest BCUT2D eigenvalue weighted by atomic mass is 9.87. The van der Waals surface area contributed by atoms with E-state index in [2.05, 4.69) is 0 Å². The second kappa shape index (κ2) is 8.54. The summed E-state index contributed by atoms with van der Waals surface area (Å²) in [4.78, 5) is 10.3. The molecule has 2 N–H and O–H groups in total. The van der Waals surface area contributed by atoms with Crippen LogP contribution in [-0.4, -0.2) is 35.0 Å². The third-order valence-electron chi connectivity index (χ3n) is 3.50. The Bertz CT molecular complexity index is 249. The summed E-state index contributed by atoms with van der Waals surface area (Å²) in [6.07, 6.45) is 4.62. The van der Waals surface area contributed by atoms with Gasteiger partial charge in [0.15, 0.2) is 0 Å². The number of aliphatic hydroxyl groups is 2. The molecule has 0 aliphatic heterocycles. The number of carbonyl (C=O) groups is 1. The topological polar surface area (TPSA) is 66.8 Å². The van der Waals surface area contributed by atoms with E-state index in [-0.39, 0.29) is 18.1 Å². The van der Waals surface area contributed by atoms with Crippen LogP contribution in [0.25, 0.3) is 0 Å². The lowest BCUT2D eigenvalue weighted by Crippen LogP contribution is -2.24. The molecule has 1 atom stereocenters. The van der Waals surface area contributed by atoms with Crippen LogP contribution in [0, 0.1) is 5.41 Å². The summed E-state index contributed by atoms with van der Waals surface area (Å²) in [5.74, 6) is 0. The Balaban J connectivity index is 3.71. The van der Waals surface area contributed by atoms with Crippen LogP contribution in [0.4, 0.5) is 0 Å². The van der Waals surface area contributed by atoms with Crippen molar-refractivity contribution >= 4 is 6.47 Å². The zero-order chi connectivity index (χ0) is 14.9. The number of carbonyl (C=O) groups excluding carboxylic acids is 1. The molecular weight excluding hydrogens is 244 g/mol. The Hall–Kier alpha value is -0.610. The van der Waals surface area contributed by atoms with Crippen LogP contribution in [0.2, 0.25) is 0 Å². The van der Waals surface area contributed by atoms with Gasteiger partial charge in [-0.3, -0.25) is 4.79 Å². The Morgan fingerprint density at radius 2 is 1.63 bits per heavy atom. The Labute approximate surface area is 117 Å². The maximum absolute atomic E-state index is 10.3. The van der Waals surface area contributed by atoms with Crippen molar-refractivity contribution in [2.24, 2.45) is 5.41 Å². The molecule has 0 aromatic heterocycles. The molecule has 0 aliphatic rings. The van der Waals surface area contributed by atoms with Crippen molar-refractivity contribution in [3.05, 3.63) is 0 Å². The minimum atomic E-state index is -0.444. The molecule has 19 heavy (non-hydrogen) atoms. The number of aliphatic hydroxyl groups excluding tert-OH is 2. The predicted molar refractivity (Wildman–Crippen MR) is 75.8 cm³/mol. The molecular formula is C15H30O4. The molecule has 0 saturated carbocycles. The summed E-state index contributed by atoms with van der Waals surface area (Å²) in [7, 11) is 0. The highest BCUT2D eigenvalue weighted by Gasteiger charge is 2.19. The average Bonchev–Trinajstić information content (AvgIpc) is 2.28. The van der Waals surface area contributed by atoms with Crippen molar-refractivity contribution in [1.82, 2.24) is 0 Å². The van der Waals surface area contributed by atoms with Gasteiger partial charge < -0.3 is 14.9 Å². The molecule has 0 bridgehead atoms. The van der Waals surface area contributed by atoms with Gasteiger partial charge in [-0.05, 0) is 51.4 Å². The van der Waals surface area contributed by atoms with Crippen molar-refractivity contribution in [2.75, 3.05) is 6.61 Å². The monoisotopic (exact) mass is 274 g/mol. The second-order valence-corrected chi connectivity index (χ2v) is 6.73. The van der Waals surface area contributed by atoms with Gasteiger partial charge in [0.2, 0.25) is 0 Å². The predicted octanol–water partition coefficient (Wildman–Crippen LogP) is 2.66. The van der Waals surface area contributed by atoms with Crippen molar-refractivity contribution in [3.8, 4) is 0 Å². The minimum Gasteiger partial charge on any atom is -0.462 e. The number of hydrogen-bond acceptors (Lipinski definition) is 4. The highest BCUT2D eigenvalue weighted by molar-refractivity contribution is 5.38. The zero-order valence-electron chi connectivity index (χ0n) is 12.8. The van der Waals surface area contributed by atoms with Crippen LogP contribution in [0.15, 0.2) is 0 Å². The van der Waals surface area contributed by atoms with Gasteiger partial charge in [-0.1, -0.05) is 20.3 Å². The van der Waals surface area contributed by atoms with Crippen molar-refractivity contribution < 1.29 is 19.7 Å². The van der Waals surface area contributed by atoms with Crippen molar-refractivity contribution in [3.63, 3.8) is 0 Å². The largest absolute Gasteiger partial charge is 0.462 e. The number of rotatable bonds is 11. The van der Waals surface area contributed by atoms with Gasteiger partial charge in [-0.15, -0.1) is 0 Å². The first-order chi connectivity index (χ1) is 8.72. The van der Waals surface area contributed by atoms with Gasteiger partial charge in [-0.25, -0.2) is 0 Å². The van der Waals surface area contributed by atoms with Crippen LogP contribution in [0.1, 0.15) is 66.2 Å². The van der Waals surface area contributed by atoms with E-state index >= 15 is 0 Å². The van der Waals surface area contributed by atoms with E-state index in [1.54, 1.807) is 0 Å². The fourth-order valence-corrected chi connectivity index (χ4v) is 1.99. The average molecular weight is 274 g/mol. The van der Waals surface area contributed by atoms with E-state index in [1.165, 1.54) is 0 Å². The zero-order valence-corrected chi connectivity index (χ0v) is 12.8. The minimum absolute atomic E-state index is 0.0560. The molecule has 0 heterocycles. The smallest absolute Gasteiger partial charge is 0.293 e. The van der Waals surface area contributed by atoms with E-state index < -0.39 is 5.60 Å². The molecule has 1 unspecified atom stereocenters. The summed E-state index contributed by atoms with van der Waals surface area (Å²) in [6.45, 7) is 8.46. The maximum atomic E-state index is 10.3. The fraction of sp³-hybridized carbons (Fsp3) is 0.933. The third-order valence-corrected chi connectivity index (χ3v) is 3.50. The van der Waals surface area contributed by atoms with E-state index in [0.717, 1.165) is 38.5 Å². The van der Waals surface area contributed by atoms with Crippen LogP contribution in [0.3, 0.4) is 0 Å². The standard InChI is InChI=1S/C15H30O4/c1-14(2,11-16)9-5-7-13(18)8-6-10-15(3,4)19-12-17/h12-13,16,18H,5-11H2,1-4H3. The molecule has 0 aliphatic carbocycles. The molecule has 0 saturated heterocycles. The van der Waals surface area contributed by atoms with Gasteiger partial charge in [-0.2, -0.15) is 0 Å². The number of ether oxygens (including phenoxy) is 1. The van der Waals surface area contributed by atoms with Crippen LogP contribution < -0.4 is 0 Å². The first kappa shape index (κ1) is 18.4. The molecule has 0 spiro atoms. The van der Waals surface area contributed by atoms with E-state index in [4.69, 9.17) is 9.84 Å². The lowest BCUT2D eigenvalue weighted by Gasteiger charge is -2.24. The summed E-state index contributed by atoms with van der Waals surface area (Å²) in [5, 5.41) is 19.0.